The summed E-state index contributed by atoms with van der Waals surface area (Å²) in [5, 5.41) is 11.2. The number of hydrogen-bond acceptors (Lipinski definition) is 2. The van der Waals surface area contributed by atoms with E-state index in [4.69, 9.17) is 27.9 Å². The topological polar surface area (TPSA) is 29.5 Å². The standard InChI is InChI=1S/C12H14Cl2O2/c1-12(5-2-6-16-12)11(15)8-3-4-9(13)10(14)7-8/h3-4,7,11,15H,2,5-6H2,1H3. The second-order valence-electron chi connectivity index (χ2n) is 4.34. The molecule has 1 heterocycles. The number of halogens is 2. The summed E-state index contributed by atoms with van der Waals surface area (Å²) >= 11 is 11.8. The molecule has 1 N–H and O–H groups in total. The highest BCUT2D eigenvalue weighted by atomic mass is 35.5. The van der Waals surface area contributed by atoms with Gasteiger partial charge in [0, 0.05) is 6.61 Å². The summed E-state index contributed by atoms with van der Waals surface area (Å²) < 4.78 is 5.60. The third kappa shape index (κ3) is 2.21. The van der Waals surface area contributed by atoms with E-state index in [-0.39, 0.29) is 0 Å². The fourth-order valence-electron chi connectivity index (χ4n) is 2.05. The van der Waals surface area contributed by atoms with E-state index in [0.29, 0.717) is 16.7 Å². The summed E-state index contributed by atoms with van der Waals surface area (Å²) in [6.45, 7) is 2.63. The van der Waals surface area contributed by atoms with E-state index in [1.54, 1.807) is 18.2 Å². The summed E-state index contributed by atoms with van der Waals surface area (Å²) in [7, 11) is 0. The van der Waals surface area contributed by atoms with Crippen molar-refractivity contribution in [3.8, 4) is 0 Å². The molecule has 2 nitrogen and oxygen atoms in total. The largest absolute Gasteiger partial charge is 0.385 e. The van der Waals surface area contributed by atoms with Crippen LogP contribution in [-0.2, 0) is 4.74 Å². The van der Waals surface area contributed by atoms with E-state index in [9.17, 15) is 5.11 Å². The minimum atomic E-state index is -0.662. The SMILES string of the molecule is CC1(C(O)c2ccc(Cl)c(Cl)c2)CCCO1. The number of ether oxygens (including phenoxy) is 1. The number of rotatable bonds is 2. The maximum absolute atomic E-state index is 10.3. The Bertz CT molecular complexity index is 387. The quantitative estimate of drug-likeness (QED) is 0.881. The van der Waals surface area contributed by atoms with Gasteiger partial charge in [-0.05, 0) is 37.5 Å². The van der Waals surface area contributed by atoms with E-state index in [0.717, 1.165) is 18.4 Å². The minimum absolute atomic E-state index is 0.458. The van der Waals surface area contributed by atoms with Gasteiger partial charge in [-0.3, -0.25) is 0 Å². The van der Waals surface area contributed by atoms with Crippen molar-refractivity contribution >= 4 is 23.2 Å². The lowest BCUT2D eigenvalue weighted by Gasteiger charge is -2.29. The normalized spacial score (nSPS) is 27.0. The molecular weight excluding hydrogens is 247 g/mol. The molecule has 4 heteroatoms. The first kappa shape index (κ1) is 12.2. The number of benzene rings is 1. The Morgan fingerprint density at radius 2 is 2.12 bits per heavy atom. The molecular formula is C12H14Cl2O2. The first-order valence-electron chi connectivity index (χ1n) is 5.30. The van der Waals surface area contributed by atoms with Crippen molar-refractivity contribution < 1.29 is 9.84 Å². The zero-order valence-corrected chi connectivity index (χ0v) is 10.6. The lowest BCUT2D eigenvalue weighted by atomic mass is 9.90. The summed E-state index contributed by atoms with van der Waals surface area (Å²) in [6.07, 6.45) is 1.17. The molecule has 0 radical (unpaired) electrons. The van der Waals surface area contributed by atoms with Crippen LogP contribution in [0.5, 0.6) is 0 Å². The third-order valence-corrected chi connectivity index (χ3v) is 3.83. The highest BCUT2D eigenvalue weighted by Gasteiger charge is 2.38. The highest BCUT2D eigenvalue weighted by molar-refractivity contribution is 6.42. The first-order chi connectivity index (χ1) is 7.53. The second kappa shape index (κ2) is 4.53. The molecule has 0 spiro atoms. The number of aliphatic hydroxyl groups is 1. The summed E-state index contributed by atoms with van der Waals surface area (Å²) in [4.78, 5) is 0. The predicted octanol–water partition coefficient (Wildman–Crippen LogP) is 3.60. The van der Waals surface area contributed by atoms with Crippen molar-refractivity contribution in [2.24, 2.45) is 0 Å². The Morgan fingerprint density at radius 3 is 2.69 bits per heavy atom. The zero-order valence-electron chi connectivity index (χ0n) is 9.04. The van der Waals surface area contributed by atoms with Crippen molar-refractivity contribution in [1.82, 2.24) is 0 Å². The average Bonchev–Trinajstić information content (AvgIpc) is 2.70. The van der Waals surface area contributed by atoms with E-state index in [2.05, 4.69) is 0 Å². The van der Waals surface area contributed by atoms with Gasteiger partial charge in [-0.15, -0.1) is 0 Å². The van der Waals surface area contributed by atoms with Gasteiger partial charge in [0.15, 0.2) is 0 Å². The molecule has 1 saturated heterocycles. The van der Waals surface area contributed by atoms with Gasteiger partial charge in [0.25, 0.3) is 0 Å². The van der Waals surface area contributed by atoms with Crippen LogP contribution in [0.15, 0.2) is 18.2 Å². The minimum Gasteiger partial charge on any atom is -0.385 e. The van der Waals surface area contributed by atoms with Crippen molar-refractivity contribution in [3.63, 3.8) is 0 Å². The summed E-state index contributed by atoms with van der Waals surface area (Å²) in [5.74, 6) is 0. The van der Waals surface area contributed by atoms with Gasteiger partial charge in [0.2, 0.25) is 0 Å². The van der Waals surface area contributed by atoms with Crippen LogP contribution < -0.4 is 0 Å². The molecule has 1 aromatic carbocycles. The van der Waals surface area contributed by atoms with Crippen molar-refractivity contribution in [1.29, 1.82) is 0 Å². The maximum atomic E-state index is 10.3. The molecule has 0 aromatic heterocycles. The zero-order chi connectivity index (χ0) is 11.8. The molecule has 1 fully saturated rings. The maximum Gasteiger partial charge on any atom is 0.108 e. The van der Waals surface area contributed by atoms with Crippen LogP contribution in [0, 0.1) is 0 Å². The van der Waals surface area contributed by atoms with Crippen LogP contribution >= 0.6 is 23.2 Å². The smallest absolute Gasteiger partial charge is 0.108 e. The van der Waals surface area contributed by atoms with Gasteiger partial charge >= 0.3 is 0 Å². The number of hydrogen-bond donors (Lipinski definition) is 1. The lowest BCUT2D eigenvalue weighted by Crippen LogP contribution is -2.31. The molecule has 1 aliphatic heterocycles. The molecule has 2 unspecified atom stereocenters. The van der Waals surface area contributed by atoms with E-state index in [1.165, 1.54) is 0 Å². The van der Waals surface area contributed by atoms with Gasteiger partial charge < -0.3 is 9.84 Å². The van der Waals surface area contributed by atoms with Crippen LogP contribution in [0.1, 0.15) is 31.4 Å². The molecule has 88 valence electrons. The van der Waals surface area contributed by atoms with Crippen LogP contribution in [0.25, 0.3) is 0 Å². The summed E-state index contributed by atoms with van der Waals surface area (Å²) in [5.41, 5.74) is 0.246. The Kier molecular flexibility index (Phi) is 3.45. The van der Waals surface area contributed by atoms with Crippen molar-refractivity contribution in [2.75, 3.05) is 6.61 Å². The van der Waals surface area contributed by atoms with Crippen molar-refractivity contribution in [2.45, 2.75) is 31.5 Å². The molecule has 2 rings (SSSR count). The Balaban J connectivity index is 2.26. The molecule has 0 aliphatic carbocycles. The number of aliphatic hydroxyl groups excluding tert-OH is 1. The van der Waals surface area contributed by atoms with E-state index < -0.39 is 11.7 Å². The molecule has 0 bridgehead atoms. The first-order valence-corrected chi connectivity index (χ1v) is 6.05. The Hall–Kier alpha value is -0.280. The van der Waals surface area contributed by atoms with E-state index in [1.807, 2.05) is 6.92 Å². The van der Waals surface area contributed by atoms with Gasteiger partial charge in [-0.1, -0.05) is 29.3 Å². The molecule has 0 saturated carbocycles. The third-order valence-electron chi connectivity index (χ3n) is 3.09. The van der Waals surface area contributed by atoms with E-state index >= 15 is 0 Å². The van der Waals surface area contributed by atoms with Gasteiger partial charge in [0.1, 0.15) is 6.10 Å². The van der Waals surface area contributed by atoms with Gasteiger partial charge in [-0.25, -0.2) is 0 Å². The van der Waals surface area contributed by atoms with Gasteiger partial charge in [-0.2, -0.15) is 0 Å². The molecule has 1 aliphatic rings. The lowest BCUT2D eigenvalue weighted by molar-refractivity contribution is -0.0796. The predicted molar refractivity (Wildman–Crippen MR) is 65.0 cm³/mol. The highest BCUT2D eigenvalue weighted by Crippen LogP contribution is 2.38. The van der Waals surface area contributed by atoms with Gasteiger partial charge in [0.05, 0.1) is 15.6 Å². The van der Waals surface area contributed by atoms with Crippen LogP contribution in [-0.4, -0.2) is 17.3 Å². The molecule has 0 amide bonds. The molecule has 1 aromatic rings. The fraction of sp³-hybridized carbons (Fsp3) is 0.500. The van der Waals surface area contributed by atoms with Crippen LogP contribution in [0.3, 0.4) is 0 Å². The molecule has 16 heavy (non-hydrogen) atoms. The fourth-order valence-corrected chi connectivity index (χ4v) is 2.36. The van der Waals surface area contributed by atoms with Crippen LogP contribution in [0.2, 0.25) is 10.0 Å². The second-order valence-corrected chi connectivity index (χ2v) is 5.16. The summed E-state index contributed by atoms with van der Waals surface area (Å²) in [6, 6.07) is 5.17. The van der Waals surface area contributed by atoms with Crippen molar-refractivity contribution in [3.05, 3.63) is 33.8 Å². The van der Waals surface area contributed by atoms with Crippen LogP contribution in [0.4, 0.5) is 0 Å². The Morgan fingerprint density at radius 1 is 1.38 bits per heavy atom. The monoisotopic (exact) mass is 260 g/mol. The molecule has 2 atom stereocenters. The average molecular weight is 261 g/mol. The Labute approximate surface area is 105 Å².